The van der Waals surface area contributed by atoms with Gasteiger partial charge in [0.05, 0.1) is 6.61 Å². The monoisotopic (exact) mass is 259 g/mol. The number of ether oxygens (including phenoxy) is 1. The molecule has 0 spiro atoms. The van der Waals surface area contributed by atoms with Crippen LogP contribution in [0.5, 0.6) is 0 Å². The number of anilines is 1. The fraction of sp³-hybridized carbons (Fsp3) is 0.154. The summed E-state index contributed by atoms with van der Waals surface area (Å²) in [7, 11) is 0. The predicted octanol–water partition coefficient (Wildman–Crippen LogP) is 1.17. The minimum atomic E-state index is -0.689. The molecule has 0 saturated carbocycles. The van der Waals surface area contributed by atoms with E-state index in [9.17, 15) is 9.59 Å². The van der Waals surface area contributed by atoms with E-state index in [0.717, 1.165) is 0 Å². The van der Waals surface area contributed by atoms with Crippen LogP contribution in [0.4, 0.5) is 5.69 Å². The second-order valence-electron chi connectivity index (χ2n) is 3.48. The van der Waals surface area contributed by atoms with Crippen molar-refractivity contribution in [2.75, 3.05) is 11.9 Å². The van der Waals surface area contributed by atoms with Crippen molar-refractivity contribution < 1.29 is 14.3 Å². The number of nitriles is 1. The van der Waals surface area contributed by atoms with Crippen LogP contribution in [-0.4, -0.2) is 18.5 Å². The van der Waals surface area contributed by atoms with Crippen molar-refractivity contribution in [1.29, 1.82) is 5.26 Å². The van der Waals surface area contributed by atoms with Crippen molar-refractivity contribution in [2.45, 2.75) is 6.92 Å². The summed E-state index contributed by atoms with van der Waals surface area (Å²) in [4.78, 5) is 22.2. The lowest BCUT2D eigenvalue weighted by atomic mass is 10.2. The van der Waals surface area contributed by atoms with E-state index in [2.05, 4.69) is 5.32 Å². The van der Waals surface area contributed by atoms with Crippen LogP contribution >= 0.6 is 0 Å². The third-order valence-electron chi connectivity index (χ3n) is 2.17. The molecule has 0 atom stereocenters. The van der Waals surface area contributed by atoms with Gasteiger partial charge in [0.1, 0.15) is 6.07 Å². The number of carbonyl (C=O) groups excluding carboxylic acids is 2. The summed E-state index contributed by atoms with van der Waals surface area (Å²) in [6.07, 6.45) is 1.25. The number of primary amides is 1. The highest BCUT2D eigenvalue weighted by molar-refractivity contribution is 5.94. The number of esters is 1. The predicted molar refractivity (Wildman–Crippen MR) is 68.9 cm³/mol. The van der Waals surface area contributed by atoms with Gasteiger partial charge in [0.15, 0.2) is 5.57 Å². The van der Waals surface area contributed by atoms with Crippen LogP contribution in [0.2, 0.25) is 0 Å². The zero-order valence-electron chi connectivity index (χ0n) is 10.3. The summed E-state index contributed by atoms with van der Waals surface area (Å²) in [6, 6.07) is 8.03. The van der Waals surface area contributed by atoms with Crippen molar-refractivity contribution in [3.05, 3.63) is 41.6 Å². The van der Waals surface area contributed by atoms with Crippen LogP contribution in [0.15, 0.2) is 36.0 Å². The minimum Gasteiger partial charge on any atom is -0.462 e. The molecule has 1 aromatic rings. The molecule has 0 aromatic heterocycles. The fourth-order valence-electron chi connectivity index (χ4n) is 1.23. The van der Waals surface area contributed by atoms with Crippen LogP contribution in [0, 0.1) is 11.3 Å². The molecule has 3 N–H and O–H groups in total. The van der Waals surface area contributed by atoms with E-state index < -0.39 is 11.9 Å². The zero-order chi connectivity index (χ0) is 14.3. The molecule has 0 aliphatic rings. The molecule has 6 heteroatoms. The van der Waals surface area contributed by atoms with E-state index in [1.165, 1.54) is 18.3 Å². The largest absolute Gasteiger partial charge is 0.462 e. The fourth-order valence-corrected chi connectivity index (χ4v) is 1.23. The summed E-state index contributed by atoms with van der Waals surface area (Å²) in [5.41, 5.74) is 5.96. The van der Waals surface area contributed by atoms with Gasteiger partial charge in [-0.3, -0.25) is 4.79 Å². The second-order valence-corrected chi connectivity index (χ2v) is 3.48. The first-order valence-electron chi connectivity index (χ1n) is 5.52. The van der Waals surface area contributed by atoms with Gasteiger partial charge in [-0.05, 0) is 31.2 Å². The highest BCUT2D eigenvalue weighted by Crippen LogP contribution is 2.10. The third-order valence-corrected chi connectivity index (χ3v) is 2.17. The Hall–Kier alpha value is -2.81. The Morgan fingerprint density at radius 2 is 2.05 bits per heavy atom. The summed E-state index contributed by atoms with van der Waals surface area (Å²) >= 11 is 0. The SMILES string of the molecule is CCOC(=O)/C(C#N)=C\Nc1ccc(C(N)=O)cc1. The van der Waals surface area contributed by atoms with Gasteiger partial charge in [0, 0.05) is 17.5 Å². The van der Waals surface area contributed by atoms with E-state index in [1.54, 1.807) is 25.1 Å². The van der Waals surface area contributed by atoms with Crippen LogP contribution in [0.1, 0.15) is 17.3 Å². The average Bonchev–Trinajstić information content (AvgIpc) is 2.40. The molecule has 1 rings (SSSR count). The van der Waals surface area contributed by atoms with Gasteiger partial charge >= 0.3 is 5.97 Å². The summed E-state index contributed by atoms with van der Waals surface area (Å²) in [5, 5.41) is 11.6. The zero-order valence-corrected chi connectivity index (χ0v) is 10.3. The molecule has 0 unspecified atom stereocenters. The number of nitrogens with two attached hydrogens (primary N) is 1. The van der Waals surface area contributed by atoms with Gasteiger partial charge in [0.25, 0.3) is 0 Å². The number of nitrogens with zero attached hydrogens (tertiary/aromatic N) is 1. The van der Waals surface area contributed by atoms with Crippen molar-refractivity contribution in [1.82, 2.24) is 0 Å². The maximum absolute atomic E-state index is 11.3. The van der Waals surface area contributed by atoms with Crippen molar-refractivity contribution >= 4 is 17.6 Å². The number of hydrogen-bond acceptors (Lipinski definition) is 5. The molecule has 0 radical (unpaired) electrons. The Labute approximate surface area is 110 Å². The molecule has 0 bridgehead atoms. The van der Waals surface area contributed by atoms with Gasteiger partial charge < -0.3 is 15.8 Å². The smallest absolute Gasteiger partial charge is 0.350 e. The van der Waals surface area contributed by atoms with Crippen molar-refractivity contribution in [3.63, 3.8) is 0 Å². The molecular weight excluding hydrogens is 246 g/mol. The molecule has 19 heavy (non-hydrogen) atoms. The highest BCUT2D eigenvalue weighted by Gasteiger charge is 2.09. The molecule has 0 heterocycles. The van der Waals surface area contributed by atoms with Crippen molar-refractivity contribution in [3.8, 4) is 6.07 Å². The van der Waals surface area contributed by atoms with E-state index in [4.69, 9.17) is 15.7 Å². The third kappa shape index (κ3) is 4.16. The molecule has 6 nitrogen and oxygen atoms in total. The first kappa shape index (κ1) is 14.3. The maximum Gasteiger partial charge on any atom is 0.350 e. The van der Waals surface area contributed by atoms with E-state index in [-0.39, 0.29) is 12.2 Å². The van der Waals surface area contributed by atoms with E-state index >= 15 is 0 Å². The van der Waals surface area contributed by atoms with E-state index in [0.29, 0.717) is 11.3 Å². The molecule has 0 saturated heterocycles. The maximum atomic E-state index is 11.3. The summed E-state index contributed by atoms with van der Waals surface area (Å²) in [6.45, 7) is 1.86. The summed E-state index contributed by atoms with van der Waals surface area (Å²) in [5.74, 6) is -1.21. The number of carbonyl (C=O) groups is 2. The van der Waals surface area contributed by atoms with Crippen LogP contribution in [-0.2, 0) is 9.53 Å². The van der Waals surface area contributed by atoms with Gasteiger partial charge in [-0.25, -0.2) is 4.79 Å². The first-order chi connectivity index (χ1) is 9.08. The Kier molecular flexibility index (Phi) is 5.11. The van der Waals surface area contributed by atoms with Crippen LogP contribution in [0.25, 0.3) is 0 Å². The lowest BCUT2D eigenvalue weighted by Gasteiger charge is -2.03. The Morgan fingerprint density at radius 1 is 1.42 bits per heavy atom. The van der Waals surface area contributed by atoms with Crippen LogP contribution < -0.4 is 11.1 Å². The molecular formula is C13H13N3O3. The van der Waals surface area contributed by atoms with Gasteiger partial charge in [-0.15, -0.1) is 0 Å². The van der Waals surface area contributed by atoms with Gasteiger partial charge in [-0.2, -0.15) is 5.26 Å². The van der Waals surface area contributed by atoms with Gasteiger partial charge in [0.2, 0.25) is 5.91 Å². The Morgan fingerprint density at radius 3 is 2.53 bits per heavy atom. The normalized spacial score (nSPS) is 10.4. The Bertz CT molecular complexity index is 541. The number of nitrogens with one attached hydrogen (secondary N) is 1. The molecule has 0 fully saturated rings. The molecule has 0 aliphatic carbocycles. The minimum absolute atomic E-state index is 0.138. The standard InChI is InChI=1S/C13H13N3O3/c1-2-19-13(18)10(7-14)8-16-11-5-3-9(4-6-11)12(15)17/h3-6,8,16H,2H2,1H3,(H2,15,17)/b10-8-. The number of amides is 1. The molecule has 0 aliphatic heterocycles. The van der Waals surface area contributed by atoms with Gasteiger partial charge in [-0.1, -0.05) is 0 Å². The number of benzene rings is 1. The first-order valence-corrected chi connectivity index (χ1v) is 5.52. The lowest BCUT2D eigenvalue weighted by Crippen LogP contribution is -2.10. The quantitative estimate of drug-likeness (QED) is 0.469. The topological polar surface area (TPSA) is 105 Å². The second kappa shape index (κ2) is 6.81. The molecule has 1 aromatic carbocycles. The molecule has 98 valence electrons. The summed E-state index contributed by atoms with van der Waals surface area (Å²) < 4.78 is 4.70. The van der Waals surface area contributed by atoms with Crippen LogP contribution in [0.3, 0.4) is 0 Å². The number of rotatable bonds is 5. The van der Waals surface area contributed by atoms with Crippen molar-refractivity contribution in [2.24, 2.45) is 5.73 Å². The lowest BCUT2D eigenvalue weighted by molar-refractivity contribution is -0.138. The highest BCUT2D eigenvalue weighted by atomic mass is 16.5. The van der Waals surface area contributed by atoms with E-state index in [1.807, 2.05) is 0 Å². The Balaban J connectivity index is 2.76. The molecule has 1 amide bonds. The number of hydrogen-bond donors (Lipinski definition) is 2. The average molecular weight is 259 g/mol.